The molecule has 17 heteroatoms. The zero-order valence-electron chi connectivity index (χ0n) is 21.2. The first kappa shape index (κ1) is 35.2. The first-order valence-electron chi connectivity index (χ1n) is 11.2. The first-order chi connectivity index (χ1) is 18.6. The number of aliphatic carboxylic acids is 1. The standard InChI is InChI=1S/C22H23F6N3O3.C2HF3O2/c1-31(2)13-3-12-29-18(32)14-6-10-17(11-7-14)30-19(33)15-4-8-16(9-5-15)20(34,21(23,24)25)22(26,27)28;3-2(4,5)1(6)7/h4-11,34H,3,12-13H2,1-2H3,(H,29,32)(H,30,33);(H,6,7). The van der Waals surface area contributed by atoms with E-state index in [1.165, 1.54) is 24.3 Å². The summed E-state index contributed by atoms with van der Waals surface area (Å²) in [4.78, 5) is 35.3. The molecular weight excluding hydrogens is 581 g/mol. The molecule has 0 atom stereocenters. The van der Waals surface area contributed by atoms with Gasteiger partial charge in [-0.2, -0.15) is 39.5 Å². The van der Waals surface area contributed by atoms with Crippen molar-refractivity contribution in [2.45, 2.75) is 30.6 Å². The van der Waals surface area contributed by atoms with Crippen LogP contribution in [0.3, 0.4) is 0 Å². The van der Waals surface area contributed by atoms with Gasteiger partial charge in [0.05, 0.1) is 0 Å². The van der Waals surface area contributed by atoms with Crippen LogP contribution in [0.15, 0.2) is 48.5 Å². The van der Waals surface area contributed by atoms with Crippen LogP contribution in [0.5, 0.6) is 0 Å². The van der Waals surface area contributed by atoms with Gasteiger partial charge < -0.3 is 25.7 Å². The molecule has 0 fully saturated rings. The summed E-state index contributed by atoms with van der Waals surface area (Å²) in [6.07, 6.45) is -16.4. The van der Waals surface area contributed by atoms with Crippen molar-refractivity contribution in [3.05, 3.63) is 65.2 Å². The van der Waals surface area contributed by atoms with E-state index in [1.807, 2.05) is 19.0 Å². The Balaban J connectivity index is 0.00000106. The summed E-state index contributed by atoms with van der Waals surface area (Å²) in [6.45, 7) is 1.28. The molecule has 0 heterocycles. The lowest BCUT2D eigenvalue weighted by Crippen LogP contribution is -2.53. The molecular formula is C24H24F9N3O5. The van der Waals surface area contributed by atoms with Gasteiger partial charge in [-0.3, -0.25) is 9.59 Å². The van der Waals surface area contributed by atoms with Gasteiger partial charge in [-0.05, 0) is 63.5 Å². The number of carboxylic acid groups (broad SMARTS) is 1. The Kier molecular flexibility index (Phi) is 11.7. The van der Waals surface area contributed by atoms with Crippen LogP contribution in [0.2, 0.25) is 0 Å². The van der Waals surface area contributed by atoms with E-state index in [0.29, 0.717) is 24.2 Å². The van der Waals surface area contributed by atoms with E-state index >= 15 is 0 Å². The zero-order chi connectivity index (χ0) is 31.8. The molecule has 2 aromatic rings. The van der Waals surface area contributed by atoms with Crippen molar-refractivity contribution < 1.29 is 64.1 Å². The predicted molar refractivity (Wildman–Crippen MR) is 126 cm³/mol. The average Bonchev–Trinajstić information content (AvgIpc) is 2.84. The maximum atomic E-state index is 13.0. The van der Waals surface area contributed by atoms with Gasteiger partial charge in [0.2, 0.25) is 0 Å². The summed E-state index contributed by atoms with van der Waals surface area (Å²) >= 11 is 0. The summed E-state index contributed by atoms with van der Waals surface area (Å²) in [5.41, 5.74) is -6.19. The van der Waals surface area contributed by atoms with Gasteiger partial charge in [-0.25, -0.2) is 4.79 Å². The Bertz CT molecular complexity index is 1160. The van der Waals surface area contributed by atoms with Gasteiger partial charge in [0.25, 0.3) is 17.4 Å². The highest BCUT2D eigenvalue weighted by Gasteiger charge is 2.71. The topological polar surface area (TPSA) is 119 Å². The molecule has 0 saturated carbocycles. The molecule has 2 aromatic carbocycles. The molecule has 0 saturated heterocycles. The van der Waals surface area contributed by atoms with Crippen molar-refractivity contribution in [3.63, 3.8) is 0 Å². The number of amides is 2. The fourth-order valence-corrected chi connectivity index (χ4v) is 2.96. The second-order valence-corrected chi connectivity index (χ2v) is 8.53. The summed E-state index contributed by atoms with van der Waals surface area (Å²) in [5.74, 6) is -3.88. The molecule has 2 amide bonds. The number of hydrogen-bond donors (Lipinski definition) is 4. The van der Waals surface area contributed by atoms with E-state index in [1.54, 1.807) is 0 Å². The maximum Gasteiger partial charge on any atom is 0.490 e. The van der Waals surface area contributed by atoms with Gasteiger partial charge in [-0.1, -0.05) is 12.1 Å². The van der Waals surface area contributed by atoms with Gasteiger partial charge in [-0.15, -0.1) is 0 Å². The van der Waals surface area contributed by atoms with Crippen LogP contribution in [0.4, 0.5) is 45.2 Å². The number of alkyl halides is 9. The van der Waals surface area contributed by atoms with E-state index in [9.17, 15) is 54.2 Å². The highest BCUT2D eigenvalue weighted by molar-refractivity contribution is 6.04. The van der Waals surface area contributed by atoms with Crippen molar-refractivity contribution in [3.8, 4) is 0 Å². The van der Waals surface area contributed by atoms with E-state index in [0.717, 1.165) is 25.1 Å². The Morgan fingerprint density at radius 3 is 1.56 bits per heavy atom. The van der Waals surface area contributed by atoms with Crippen molar-refractivity contribution in [2.75, 3.05) is 32.5 Å². The first-order valence-corrected chi connectivity index (χ1v) is 11.2. The summed E-state index contributed by atoms with van der Waals surface area (Å²) in [7, 11) is 3.82. The fourth-order valence-electron chi connectivity index (χ4n) is 2.96. The lowest BCUT2D eigenvalue weighted by Gasteiger charge is -2.32. The third-order valence-electron chi connectivity index (χ3n) is 5.10. The quantitative estimate of drug-likeness (QED) is 0.259. The predicted octanol–water partition coefficient (Wildman–Crippen LogP) is 4.57. The second-order valence-electron chi connectivity index (χ2n) is 8.53. The van der Waals surface area contributed by atoms with Crippen LogP contribution >= 0.6 is 0 Å². The number of aliphatic hydroxyl groups is 1. The van der Waals surface area contributed by atoms with Crippen LogP contribution in [0.1, 0.15) is 32.7 Å². The lowest BCUT2D eigenvalue weighted by molar-refractivity contribution is -0.376. The monoisotopic (exact) mass is 605 g/mol. The second kappa shape index (κ2) is 13.7. The van der Waals surface area contributed by atoms with Crippen molar-refractivity contribution in [1.82, 2.24) is 10.2 Å². The highest BCUT2D eigenvalue weighted by Crippen LogP contribution is 2.49. The number of carboxylic acids is 1. The molecule has 0 aromatic heterocycles. The molecule has 0 radical (unpaired) electrons. The number of carbonyl (C=O) groups is 3. The van der Waals surface area contributed by atoms with Crippen molar-refractivity contribution >= 4 is 23.5 Å². The smallest absolute Gasteiger partial charge is 0.475 e. The number of nitrogens with one attached hydrogen (secondary N) is 2. The van der Waals surface area contributed by atoms with E-state index in [-0.39, 0.29) is 17.2 Å². The molecule has 228 valence electrons. The Hall–Kier alpha value is -3.86. The number of benzene rings is 2. The molecule has 41 heavy (non-hydrogen) atoms. The maximum absolute atomic E-state index is 13.0. The molecule has 0 spiro atoms. The van der Waals surface area contributed by atoms with Crippen LogP contribution in [0, 0.1) is 0 Å². The minimum atomic E-state index is -6.02. The lowest BCUT2D eigenvalue weighted by atomic mass is 9.91. The van der Waals surface area contributed by atoms with Gasteiger partial charge >= 0.3 is 24.5 Å². The number of rotatable bonds is 8. The summed E-state index contributed by atoms with van der Waals surface area (Å²) in [6, 6.07) is 8.00. The van der Waals surface area contributed by atoms with Crippen molar-refractivity contribution in [1.29, 1.82) is 0 Å². The van der Waals surface area contributed by atoms with E-state index in [4.69, 9.17) is 9.90 Å². The Labute approximate surface area is 226 Å². The average molecular weight is 605 g/mol. The number of nitrogens with zero attached hydrogens (tertiary/aromatic N) is 1. The highest BCUT2D eigenvalue weighted by atomic mass is 19.4. The number of halogens is 9. The molecule has 0 unspecified atom stereocenters. The van der Waals surface area contributed by atoms with Gasteiger partial charge in [0.15, 0.2) is 0 Å². The molecule has 4 N–H and O–H groups in total. The molecule has 8 nitrogen and oxygen atoms in total. The minimum absolute atomic E-state index is 0.238. The third kappa shape index (κ3) is 9.93. The molecule has 0 aliphatic rings. The van der Waals surface area contributed by atoms with Gasteiger partial charge in [0, 0.05) is 28.9 Å². The third-order valence-corrected chi connectivity index (χ3v) is 5.10. The number of anilines is 1. The van der Waals surface area contributed by atoms with E-state index in [2.05, 4.69) is 10.6 Å². The summed E-state index contributed by atoms with van der Waals surface area (Å²) < 4.78 is 110. The Morgan fingerprint density at radius 2 is 1.17 bits per heavy atom. The number of hydrogen-bond acceptors (Lipinski definition) is 5. The molecule has 0 bridgehead atoms. The molecule has 0 aliphatic heterocycles. The molecule has 0 aliphatic carbocycles. The molecule has 2 rings (SSSR count). The fraction of sp³-hybridized carbons (Fsp3) is 0.375. The van der Waals surface area contributed by atoms with Crippen LogP contribution < -0.4 is 10.6 Å². The van der Waals surface area contributed by atoms with Crippen LogP contribution in [-0.4, -0.2) is 78.6 Å². The zero-order valence-corrected chi connectivity index (χ0v) is 21.2. The van der Waals surface area contributed by atoms with E-state index < -0.39 is 41.6 Å². The normalized spacial score (nSPS) is 12.3. The largest absolute Gasteiger partial charge is 0.490 e. The van der Waals surface area contributed by atoms with Crippen LogP contribution in [-0.2, 0) is 10.4 Å². The number of carbonyl (C=O) groups excluding carboxylic acids is 2. The van der Waals surface area contributed by atoms with Crippen molar-refractivity contribution in [2.24, 2.45) is 0 Å². The minimum Gasteiger partial charge on any atom is -0.475 e. The summed E-state index contributed by atoms with van der Waals surface area (Å²) in [5, 5.41) is 21.7. The SMILES string of the molecule is CN(C)CCCNC(=O)c1ccc(NC(=O)c2ccc(C(O)(C(F)(F)F)C(F)(F)F)cc2)cc1.O=C(O)C(F)(F)F. The van der Waals surface area contributed by atoms with Crippen LogP contribution in [0.25, 0.3) is 0 Å². The van der Waals surface area contributed by atoms with Gasteiger partial charge in [0.1, 0.15) is 0 Å². The Morgan fingerprint density at radius 1 is 0.756 bits per heavy atom.